The molecule has 0 aliphatic heterocycles. The predicted molar refractivity (Wildman–Crippen MR) is 51.2 cm³/mol. The van der Waals surface area contributed by atoms with Crippen molar-refractivity contribution in [2.45, 2.75) is 39.7 Å². The Morgan fingerprint density at radius 3 is 2.58 bits per heavy atom. The molecule has 0 bridgehead atoms. The third-order valence-corrected chi connectivity index (χ3v) is 1.43. The zero-order chi connectivity index (χ0) is 9.40. The van der Waals surface area contributed by atoms with E-state index in [-0.39, 0.29) is 6.10 Å². The SMILES string of the molecule is CCCOCCC(O)C=C(C)C. The van der Waals surface area contributed by atoms with E-state index in [1.165, 1.54) is 0 Å². The molecule has 0 saturated carbocycles. The molecule has 0 rings (SSSR count). The van der Waals surface area contributed by atoms with Crippen LogP contribution in [-0.2, 0) is 4.74 Å². The van der Waals surface area contributed by atoms with Crippen LogP contribution in [0.1, 0.15) is 33.6 Å². The summed E-state index contributed by atoms with van der Waals surface area (Å²) in [7, 11) is 0. The van der Waals surface area contributed by atoms with Gasteiger partial charge in [0.2, 0.25) is 0 Å². The largest absolute Gasteiger partial charge is 0.389 e. The van der Waals surface area contributed by atoms with Gasteiger partial charge in [0.1, 0.15) is 0 Å². The van der Waals surface area contributed by atoms with Gasteiger partial charge >= 0.3 is 0 Å². The molecule has 0 amide bonds. The van der Waals surface area contributed by atoms with Gasteiger partial charge in [-0.05, 0) is 20.3 Å². The van der Waals surface area contributed by atoms with Crippen molar-refractivity contribution in [2.24, 2.45) is 0 Å². The van der Waals surface area contributed by atoms with Crippen molar-refractivity contribution >= 4 is 0 Å². The summed E-state index contributed by atoms with van der Waals surface area (Å²) in [6.45, 7) is 7.49. The van der Waals surface area contributed by atoms with Crippen molar-refractivity contribution in [3.63, 3.8) is 0 Å². The van der Waals surface area contributed by atoms with Gasteiger partial charge in [0, 0.05) is 19.6 Å². The summed E-state index contributed by atoms with van der Waals surface area (Å²) in [4.78, 5) is 0. The Labute approximate surface area is 75.2 Å². The maximum absolute atomic E-state index is 9.36. The maximum atomic E-state index is 9.36. The van der Waals surface area contributed by atoms with Gasteiger partial charge in [-0.1, -0.05) is 18.6 Å². The van der Waals surface area contributed by atoms with Crippen LogP contribution >= 0.6 is 0 Å². The van der Waals surface area contributed by atoms with E-state index in [0.29, 0.717) is 13.0 Å². The van der Waals surface area contributed by atoms with E-state index in [4.69, 9.17) is 4.74 Å². The number of allylic oxidation sites excluding steroid dienone is 1. The van der Waals surface area contributed by atoms with Crippen molar-refractivity contribution in [1.82, 2.24) is 0 Å². The third kappa shape index (κ3) is 7.76. The molecule has 0 heterocycles. The van der Waals surface area contributed by atoms with Crippen LogP contribution in [0.3, 0.4) is 0 Å². The zero-order valence-electron chi connectivity index (χ0n) is 8.34. The fourth-order valence-corrected chi connectivity index (χ4v) is 0.919. The predicted octanol–water partition coefficient (Wildman–Crippen LogP) is 2.13. The highest BCUT2D eigenvalue weighted by atomic mass is 16.5. The first-order valence-electron chi connectivity index (χ1n) is 4.57. The van der Waals surface area contributed by atoms with Crippen molar-refractivity contribution in [2.75, 3.05) is 13.2 Å². The van der Waals surface area contributed by atoms with Crippen LogP contribution in [0, 0.1) is 0 Å². The van der Waals surface area contributed by atoms with E-state index < -0.39 is 0 Å². The normalized spacial score (nSPS) is 12.7. The van der Waals surface area contributed by atoms with E-state index in [0.717, 1.165) is 18.6 Å². The fourth-order valence-electron chi connectivity index (χ4n) is 0.919. The fraction of sp³-hybridized carbons (Fsp3) is 0.800. The highest BCUT2D eigenvalue weighted by Crippen LogP contribution is 1.99. The molecule has 0 aromatic carbocycles. The lowest BCUT2D eigenvalue weighted by molar-refractivity contribution is 0.0987. The van der Waals surface area contributed by atoms with Gasteiger partial charge in [-0.3, -0.25) is 0 Å². The standard InChI is InChI=1S/C10H20O2/c1-4-6-12-7-5-10(11)8-9(2)3/h8,10-11H,4-7H2,1-3H3. The van der Waals surface area contributed by atoms with Gasteiger partial charge in [-0.15, -0.1) is 0 Å². The summed E-state index contributed by atoms with van der Waals surface area (Å²) in [6.07, 6.45) is 3.26. The number of rotatable bonds is 6. The minimum absolute atomic E-state index is 0.341. The van der Waals surface area contributed by atoms with Crippen molar-refractivity contribution in [1.29, 1.82) is 0 Å². The molecule has 1 N–H and O–H groups in total. The average Bonchev–Trinajstić information content (AvgIpc) is 1.97. The van der Waals surface area contributed by atoms with Crippen LogP contribution < -0.4 is 0 Å². The molecule has 0 saturated heterocycles. The number of aliphatic hydroxyl groups excluding tert-OH is 1. The lowest BCUT2D eigenvalue weighted by atomic mass is 10.2. The molecule has 12 heavy (non-hydrogen) atoms. The Kier molecular flexibility index (Phi) is 7.11. The van der Waals surface area contributed by atoms with E-state index in [1.807, 2.05) is 19.9 Å². The Morgan fingerprint density at radius 2 is 2.08 bits per heavy atom. The van der Waals surface area contributed by atoms with Gasteiger partial charge in [0.25, 0.3) is 0 Å². The van der Waals surface area contributed by atoms with E-state index in [9.17, 15) is 5.11 Å². The number of aliphatic hydroxyl groups is 1. The van der Waals surface area contributed by atoms with Crippen LogP contribution in [-0.4, -0.2) is 24.4 Å². The molecule has 0 aliphatic rings. The number of hydrogen-bond acceptors (Lipinski definition) is 2. The Balaban J connectivity index is 3.32. The van der Waals surface area contributed by atoms with Gasteiger partial charge in [0.05, 0.1) is 6.10 Å². The summed E-state index contributed by atoms with van der Waals surface area (Å²) in [5.74, 6) is 0. The summed E-state index contributed by atoms with van der Waals surface area (Å²) >= 11 is 0. The molecule has 0 spiro atoms. The van der Waals surface area contributed by atoms with Crippen LogP contribution in [0.5, 0.6) is 0 Å². The van der Waals surface area contributed by atoms with Crippen LogP contribution in [0.15, 0.2) is 11.6 Å². The first kappa shape index (κ1) is 11.7. The molecule has 72 valence electrons. The summed E-state index contributed by atoms with van der Waals surface area (Å²) < 4.78 is 5.25. The van der Waals surface area contributed by atoms with Crippen molar-refractivity contribution in [3.05, 3.63) is 11.6 Å². The molecule has 0 aromatic heterocycles. The van der Waals surface area contributed by atoms with E-state index in [1.54, 1.807) is 0 Å². The molecule has 0 radical (unpaired) electrons. The van der Waals surface area contributed by atoms with Gasteiger partial charge < -0.3 is 9.84 Å². The monoisotopic (exact) mass is 172 g/mol. The summed E-state index contributed by atoms with van der Waals surface area (Å²) in [6, 6.07) is 0. The third-order valence-electron chi connectivity index (χ3n) is 1.43. The quantitative estimate of drug-likeness (QED) is 0.491. The second kappa shape index (κ2) is 7.32. The molecular formula is C10H20O2. The number of ether oxygens (including phenoxy) is 1. The lowest BCUT2D eigenvalue weighted by Gasteiger charge is -2.06. The van der Waals surface area contributed by atoms with Gasteiger partial charge in [-0.2, -0.15) is 0 Å². The first-order valence-corrected chi connectivity index (χ1v) is 4.57. The minimum Gasteiger partial charge on any atom is -0.389 e. The Hall–Kier alpha value is -0.340. The Morgan fingerprint density at radius 1 is 1.42 bits per heavy atom. The molecule has 2 nitrogen and oxygen atoms in total. The highest BCUT2D eigenvalue weighted by Gasteiger charge is 1.98. The molecule has 0 aromatic rings. The molecule has 1 unspecified atom stereocenters. The summed E-state index contributed by atoms with van der Waals surface area (Å²) in [5.41, 5.74) is 1.15. The molecule has 2 heteroatoms. The second-order valence-corrected chi connectivity index (χ2v) is 3.21. The van der Waals surface area contributed by atoms with Gasteiger partial charge in [0.15, 0.2) is 0 Å². The van der Waals surface area contributed by atoms with E-state index in [2.05, 4.69) is 6.92 Å². The van der Waals surface area contributed by atoms with Crippen LogP contribution in [0.2, 0.25) is 0 Å². The lowest BCUT2D eigenvalue weighted by Crippen LogP contribution is -2.08. The van der Waals surface area contributed by atoms with Crippen molar-refractivity contribution in [3.8, 4) is 0 Å². The van der Waals surface area contributed by atoms with Gasteiger partial charge in [-0.25, -0.2) is 0 Å². The molecule has 0 aliphatic carbocycles. The van der Waals surface area contributed by atoms with E-state index >= 15 is 0 Å². The molecule has 1 atom stereocenters. The minimum atomic E-state index is -0.341. The first-order chi connectivity index (χ1) is 5.66. The number of hydrogen-bond donors (Lipinski definition) is 1. The summed E-state index contributed by atoms with van der Waals surface area (Å²) in [5, 5.41) is 9.36. The van der Waals surface area contributed by atoms with Crippen LogP contribution in [0.4, 0.5) is 0 Å². The Bertz CT molecular complexity index is 126. The molecule has 0 fully saturated rings. The van der Waals surface area contributed by atoms with Crippen molar-refractivity contribution < 1.29 is 9.84 Å². The highest BCUT2D eigenvalue weighted by molar-refractivity contribution is 4.97. The smallest absolute Gasteiger partial charge is 0.0745 e. The molecular weight excluding hydrogens is 152 g/mol. The topological polar surface area (TPSA) is 29.5 Å². The maximum Gasteiger partial charge on any atom is 0.0745 e. The second-order valence-electron chi connectivity index (χ2n) is 3.21. The average molecular weight is 172 g/mol. The van der Waals surface area contributed by atoms with Crippen LogP contribution in [0.25, 0.3) is 0 Å². The zero-order valence-corrected chi connectivity index (χ0v) is 8.34.